The molecular weight excluding hydrogens is 202 g/mol. The zero-order chi connectivity index (χ0) is 11.2. The quantitative estimate of drug-likeness (QED) is 0.783. The van der Waals surface area contributed by atoms with Crippen LogP contribution in [0.15, 0.2) is 12.4 Å². The van der Waals surface area contributed by atoms with Crippen molar-refractivity contribution in [1.82, 2.24) is 15.1 Å². The number of aromatic nitrogens is 2. The Kier molecular flexibility index (Phi) is 2.30. The van der Waals surface area contributed by atoms with Gasteiger partial charge in [-0.3, -0.25) is 4.68 Å². The van der Waals surface area contributed by atoms with Gasteiger partial charge in [0.25, 0.3) is 0 Å². The predicted octanol–water partition coefficient (Wildman–Crippen LogP) is 1.00. The summed E-state index contributed by atoms with van der Waals surface area (Å²) in [6.07, 6.45) is 7.89. The van der Waals surface area contributed by atoms with Gasteiger partial charge in [0.1, 0.15) is 0 Å². The fraction of sp³-hybridized carbons (Fsp3) is 0.750. The van der Waals surface area contributed by atoms with Crippen molar-refractivity contribution in [2.45, 2.75) is 56.8 Å². The van der Waals surface area contributed by atoms with Gasteiger partial charge in [0.2, 0.25) is 0 Å². The van der Waals surface area contributed by atoms with E-state index in [9.17, 15) is 5.11 Å². The number of fused-ring (bicyclic) bond motifs is 2. The van der Waals surface area contributed by atoms with Crippen LogP contribution in [0.4, 0.5) is 0 Å². The number of hydrogen-bond acceptors (Lipinski definition) is 3. The lowest BCUT2D eigenvalue weighted by Crippen LogP contribution is -2.46. The summed E-state index contributed by atoms with van der Waals surface area (Å²) in [6, 6.07) is 0.988. The van der Waals surface area contributed by atoms with Crippen LogP contribution in [-0.2, 0) is 12.1 Å². The molecule has 2 N–H and O–H groups in total. The minimum atomic E-state index is -0.648. The van der Waals surface area contributed by atoms with Gasteiger partial charge >= 0.3 is 0 Å². The average Bonchev–Trinajstić information content (AvgIpc) is 2.85. The molecule has 4 heteroatoms. The van der Waals surface area contributed by atoms with Crippen molar-refractivity contribution in [2.24, 2.45) is 0 Å². The van der Waals surface area contributed by atoms with Gasteiger partial charge in [-0.1, -0.05) is 0 Å². The molecule has 1 aromatic rings. The number of aliphatic hydroxyl groups is 1. The summed E-state index contributed by atoms with van der Waals surface area (Å²) in [6.45, 7) is 2.92. The molecule has 0 radical (unpaired) electrons. The summed E-state index contributed by atoms with van der Waals surface area (Å²) < 4.78 is 1.89. The van der Waals surface area contributed by atoms with E-state index in [0.29, 0.717) is 12.1 Å². The van der Waals surface area contributed by atoms with E-state index in [1.807, 2.05) is 17.1 Å². The molecule has 4 nitrogen and oxygen atoms in total. The Labute approximate surface area is 95.7 Å². The Balaban J connectivity index is 1.87. The summed E-state index contributed by atoms with van der Waals surface area (Å²) in [4.78, 5) is 0. The van der Waals surface area contributed by atoms with Crippen molar-refractivity contribution in [2.75, 3.05) is 0 Å². The van der Waals surface area contributed by atoms with Crippen molar-refractivity contribution in [3.8, 4) is 0 Å². The molecule has 2 aliphatic rings. The lowest BCUT2D eigenvalue weighted by molar-refractivity contribution is -0.0115. The van der Waals surface area contributed by atoms with Gasteiger partial charge in [-0.2, -0.15) is 5.10 Å². The molecule has 88 valence electrons. The first-order valence-corrected chi connectivity index (χ1v) is 6.21. The minimum Gasteiger partial charge on any atom is -0.385 e. The summed E-state index contributed by atoms with van der Waals surface area (Å²) in [5.74, 6) is 0. The molecule has 16 heavy (non-hydrogen) atoms. The predicted molar refractivity (Wildman–Crippen MR) is 61.0 cm³/mol. The molecule has 2 unspecified atom stereocenters. The number of piperidine rings is 1. The molecule has 2 atom stereocenters. The molecule has 0 aromatic carbocycles. The Morgan fingerprint density at radius 3 is 2.75 bits per heavy atom. The third-order valence-corrected chi connectivity index (χ3v) is 4.00. The number of nitrogens with zero attached hydrogens (tertiary/aromatic N) is 2. The zero-order valence-electron chi connectivity index (χ0n) is 9.69. The van der Waals surface area contributed by atoms with E-state index in [1.54, 1.807) is 0 Å². The van der Waals surface area contributed by atoms with Crippen LogP contribution >= 0.6 is 0 Å². The molecule has 0 spiro atoms. The third-order valence-electron chi connectivity index (χ3n) is 4.00. The Morgan fingerprint density at radius 2 is 2.19 bits per heavy atom. The van der Waals surface area contributed by atoms with Gasteiger partial charge in [-0.15, -0.1) is 0 Å². The van der Waals surface area contributed by atoms with Crippen molar-refractivity contribution >= 4 is 0 Å². The fourth-order valence-electron chi connectivity index (χ4n) is 3.14. The summed E-state index contributed by atoms with van der Waals surface area (Å²) in [7, 11) is 0. The Bertz CT molecular complexity index is 375. The molecule has 2 aliphatic heterocycles. The zero-order valence-corrected chi connectivity index (χ0v) is 9.69. The van der Waals surface area contributed by atoms with Gasteiger partial charge in [0, 0.05) is 30.4 Å². The number of aryl methyl sites for hydroxylation is 1. The highest BCUT2D eigenvalue weighted by atomic mass is 16.3. The molecule has 0 amide bonds. The number of rotatable bonds is 2. The molecule has 3 heterocycles. The van der Waals surface area contributed by atoms with Gasteiger partial charge in [0.15, 0.2) is 0 Å². The van der Waals surface area contributed by atoms with E-state index in [-0.39, 0.29) is 0 Å². The number of hydrogen-bond donors (Lipinski definition) is 2. The van der Waals surface area contributed by atoms with Gasteiger partial charge in [-0.05, 0) is 32.6 Å². The normalized spacial score (nSPS) is 37.9. The molecule has 3 rings (SSSR count). The summed E-state index contributed by atoms with van der Waals surface area (Å²) in [5, 5.41) is 18.5. The lowest BCUT2D eigenvalue weighted by atomic mass is 9.83. The van der Waals surface area contributed by atoms with E-state index >= 15 is 0 Å². The van der Waals surface area contributed by atoms with Crippen LogP contribution in [-0.4, -0.2) is 27.0 Å². The lowest BCUT2D eigenvalue weighted by Gasteiger charge is -2.36. The maximum Gasteiger partial charge on any atom is 0.0956 e. The van der Waals surface area contributed by atoms with Crippen molar-refractivity contribution in [3.63, 3.8) is 0 Å². The van der Waals surface area contributed by atoms with Crippen molar-refractivity contribution in [3.05, 3.63) is 18.0 Å². The van der Waals surface area contributed by atoms with Crippen LogP contribution in [0, 0.1) is 0 Å². The Morgan fingerprint density at radius 1 is 1.50 bits per heavy atom. The van der Waals surface area contributed by atoms with Gasteiger partial charge in [-0.25, -0.2) is 0 Å². The second-order valence-corrected chi connectivity index (χ2v) is 5.16. The standard InChI is InChI=1S/C12H19N3O/c1-2-15-8-9(7-13-15)12(16)5-10-3-4-11(6-12)14-10/h7-8,10-11,14,16H,2-6H2,1H3. The highest BCUT2D eigenvalue weighted by Crippen LogP contribution is 2.40. The average molecular weight is 221 g/mol. The van der Waals surface area contributed by atoms with E-state index in [1.165, 1.54) is 12.8 Å². The first-order chi connectivity index (χ1) is 7.69. The minimum absolute atomic E-state index is 0.494. The second kappa shape index (κ2) is 3.57. The topological polar surface area (TPSA) is 50.1 Å². The smallest absolute Gasteiger partial charge is 0.0956 e. The van der Waals surface area contributed by atoms with Crippen LogP contribution < -0.4 is 5.32 Å². The third kappa shape index (κ3) is 1.57. The van der Waals surface area contributed by atoms with Crippen LogP contribution in [0.5, 0.6) is 0 Å². The van der Waals surface area contributed by atoms with Crippen LogP contribution in [0.25, 0.3) is 0 Å². The van der Waals surface area contributed by atoms with E-state index in [4.69, 9.17) is 0 Å². The van der Waals surface area contributed by atoms with Gasteiger partial charge < -0.3 is 10.4 Å². The van der Waals surface area contributed by atoms with E-state index < -0.39 is 5.60 Å². The molecular formula is C12H19N3O. The summed E-state index contributed by atoms with van der Waals surface area (Å²) >= 11 is 0. The molecule has 2 fully saturated rings. The highest BCUT2D eigenvalue weighted by molar-refractivity contribution is 5.19. The Hall–Kier alpha value is -0.870. The number of nitrogens with one attached hydrogen (secondary N) is 1. The van der Waals surface area contributed by atoms with E-state index in [0.717, 1.165) is 24.9 Å². The van der Waals surface area contributed by atoms with Crippen molar-refractivity contribution < 1.29 is 5.11 Å². The molecule has 0 saturated carbocycles. The first kappa shape index (κ1) is 10.3. The molecule has 2 bridgehead atoms. The monoisotopic (exact) mass is 221 g/mol. The van der Waals surface area contributed by atoms with Crippen LogP contribution in [0.1, 0.15) is 38.2 Å². The van der Waals surface area contributed by atoms with Crippen molar-refractivity contribution in [1.29, 1.82) is 0 Å². The molecule has 1 aromatic heterocycles. The first-order valence-electron chi connectivity index (χ1n) is 6.21. The fourth-order valence-corrected chi connectivity index (χ4v) is 3.14. The second-order valence-electron chi connectivity index (χ2n) is 5.16. The van der Waals surface area contributed by atoms with Crippen LogP contribution in [0.2, 0.25) is 0 Å². The SMILES string of the molecule is CCn1cc(C2(O)CC3CCC(C2)N3)cn1. The maximum absolute atomic E-state index is 10.7. The molecule has 2 saturated heterocycles. The maximum atomic E-state index is 10.7. The largest absolute Gasteiger partial charge is 0.385 e. The van der Waals surface area contributed by atoms with Crippen LogP contribution in [0.3, 0.4) is 0 Å². The van der Waals surface area contributed by atoms with Gasteiger partial charge in [0.05, 0.1) is 11.8 Å². The highest BCUT2D eigenvalue weighted by Gasteiger charge is 2.43. The van der Waals surface area contributed by atoms with E-state index in [2.05, 4.69) is 17.3 Å². The summed E-state index contributed by atoms with van der Waals surface area (Å²) in [5.41, 5.74) is 0.345. The molecule has 0 aliphatic carbocycles.